The molecule has 0 unspecified atom stereocenters. The summed E-state index contributed by atoms with van der Waals surface area (Å²) in [5, 5.41) is -0.149. The SMILES string of the molecule is [2H]C1([2H])C([2H])([2H])C([2H])([2H])C([2H])(C(=O)c2ccccc2Cl)C1([2H])[2H]. The van der Waals surface area contributed by atoms with Crippen LogP contribution in [0.5, 0.6) is 0 Å². The highest BCUT2D eigenvalue weighted by atomic mass is 35.5. The number of Topliss-reactive ketones (excluding diaryl/α,β-unsaturated/α-hetero) is 1. The zero-order valence-electron chi connectivity index (χ0n) is 16.1. The molecule has 0 heterocycles. The maximum atomic E-state index is 12.7. The molecular formula is C12H13ClO. The van der Waals surface area contributed by atoms with Crippen LogP contribution in [0.25, 0.3) is 0 Å². The Kier molecular flexibility index (Phi) is 1.08. The van der Waals surface area contributed by atoms with Crippen LogP contribution < -0.4 is 0 Å². The highest BCUT2D eigenvalue weighted by molar-refractivity contribution is 6.34. The van der Waals surface area contributed by atoms with Gasteiger partial charge in [-0.3, -0.25) is 4.79 Å². The summed E-state index contributed by atoms with van der Waals surface area (Å²) in [5.41, 5.74) is -0.356. The third-order valence-corrected chi connectivity index (χ3v) is 2.11. The van der Waals surface area contributed by atoms with Crippen molar-refractivity contribution in [3.8, 4) is 0 Å². The molecule has 74 valence electrons. The van der Waals surface area contributed by atoms with Crippen LogP contribution in [-0.4, -0.2) is 5.78 Å². The Morgan fingerprint density at radius 2 is 2.07 bits per heavy atom. The van der Waals surface area contributed by atoms with Gasteiger partial charge in [0, 0.05) is 23.8 Å². The number of benzene rings is 1. The van der Waals surface area contributed by atoms with Gasteiger partial charge in [0.05, 0.1) is 5.02 Å². The number of carbonyl (C=O) groups is 1. The first kappa shape index (κ1) is 3.64. The molecule has 2 rings (SSSR count). The van der Waals surface area contributed by atoms with Gasteiger partial charge in [-0.1, -0.05) is 36.5 Å². The van der Waals surface area contributed by atoms with Crippen LogP contribution in [0.2, 0.25) is 5.02 Å². The first-order chi connectivity index (χ1) is 10.2. The molecule has 0 amide bonds. The summed E-state index contributed by atoms with van der Waals surface area (Å²) in [6, 6.07) is 5.32. The van der Waals surface area contributed by atoms with Crippen LogP contribution in [0.3, 0.4) is 0 Å². The van der Waals surface area contributed by atoms with Gasteiger partial charge in [0.1, 0.15) is 0 Å². The van der Waals surface area contributed by atoms with Crippen LogP contribution in [0.4, 0.5) is 0 Å². The number of rotatable bonds is 2. The Balaban J connectivity index is 2.78. The number of carbonyl (C=O) groups excluding carboxylic acids is 1. The van der Waals surface area contributed by atoms with Crippen LogP contribution in [-0.2, 0) is 0 Å². The monoisotopic (exact) mass is 217 g/mol. The fourth-order valence-corrected chi connectivity index (χ4v) is 1.33. The predicted octanol–water partition coefficient (Wildman–Crippen LogP) is 3.71. The van der Waals surface area contributed by atoms with Crippen molar-refractivity contribution in [1.29, 1.82) is 0 Å². The van der Waals surface area contributed by atoms with Crippen molar-refractivity contribution in [3.63, 3.8) is 0 Å². The van der Waals surface area contributed by atoms with Gasteiger partial charge < -0.3 is 0 Å². The van der Waals surface area contributed by atoms with Gasteiger partial charge in [-0.15, -0.1) is 0 Å². The van der Waals surface area contributed by atoms with E-state index in [0.717, 1.165) is 6.07 Å². The summed E-state index contributed by atoms with van der Waals surface area (Å²) in [6.45, 7) is 0. The Hall–Kier alpha value is -0.820. The molecule has 1 fully saturated rings. The Morgan fingerprint density at radius 1 is 1.43 bits per heavy atom. The number of halogens is 1. The van der Waals surface area contributed by atoms with E-state index in [0.29, 0.717) is 0 Å². The van der Waals surface area contributed by atoms with Crippen molar-refractivity contribution in [2.75, 3.05) is 0 Å². The summed E-state index contributed by atoms with van der Waals surface area (Å²) in [7, 11) is 0. The minimum Gasteiger partial charge on any atom is -0.294 e. The maximum absolute atomic E-state index is 12.7. The van der Waals surface area contributed by atoms with E-state index in [4.69, 9.17) is 23.9 Å². The van der Waals surface area contributed by atoms with E-state index in [1.807, 2.05) is 0 Å². The number of hydrogen-bond acceptors (Lipinski definition) is 1. The van der Waals surface area contributed by atoms with Crippen molar-refractivity contribution >= 4 is 17.4 Å². The zero-order chi connectivity index (χ0) is 18.1. The maximum Gasteiger partial charge on any atom is 0.167 e. The van der Waals surface area contributed by atoms with E-state index < -0.39 is 37.2 Å². The average molecular weight is 218 g/mol. The minimum atomic E-state index is -3.43. The highest BCUT2D eigenvalue weighted by Gasteiger charge is 2.24. The molecule has 0 bridgehead atoms. The van der Waals surface area contributed by atoms with Gasteiger partial charge in [0.2, 0.25) is 0 Å². The molecule has 1 aliphatic rings. The van der Waals surface area contributed by atoms with Crippen LogP contribution in [0, 0.1) is 5.89 Å². The van der Waals surface area contributed by atoms with Gasteiger partial charge in [-0.05, 0) is 24.9 Å². The third-order valence-electron chi connectivity index (χ3n) is 1.78. The molecule has 1 aromatic carbocycles. The molecule has 1 aliphatic carbocycles. The summed E-state index contributed by atoms with van der Waals surface area (Å²) < 4.78 is 70.4. The largest absolute Gasteiger partial charge is 0.294 e. The molecule has 0 aromatic heterocycles. The second-order valence-electron chi connectivity index (χ2n) is 2.68. The first-order valence-corrected chi connectivity index (χ1v) is 4.35. The molecule has 0 atom stereocenters. The summed E-state index contributed by atoms with van der Waals surface area (Å²) in [5.74, 6) is -4.75. The molecule has 1 saturated carbocycles. The molecule has 1 aromatic rings. The molecule has 0 aliphatic heterocycles. The van der Waals surface area contributed by atoms with Gasteiger partial charge in [0.15, 0.2) is 5.78 Å². The van der Waals surface area contributed by atoms with Crippen molar-refractivity contribution in [2.45, 2.75) is 25.5 Å². The fourth-order valence-electron chi connectivity index (χ4n) is 1.11. The van der Waals surface area contributed by atoms with Crippen molar-refractivity contribution in [3.05, 3.63) is 34.9 Å². The highest BCUT2D eigenvalue weighted by Crippen LogP contribution is 2.30. The van der Waals surface area contributed by atoms with Gasteiger partial charge in [-0.2, -0.15) is 0 Å². The smallest absolute Gasteiger partial charge is 0.167 e. The van der Waals surface area contributed by atoms with E-state index in [9.17, 15) is 4.79 Å². The fraction of sp³-hybridized carbons (Fsp3) is 0.417. The summed E-state index contributed by atoms with van der Waals surface area (Å²) in [4.78, 5) is 12.7. The van der Waals surface area contributed by atoms with Gasteiger partial charge in [0.25, 0.3) is 0 Å². The van der Waals surface area contributed by atoms with Crippen molar-refractivity contribution < 1.29 is 17.1 Å². The number of hydrogen-bond donors (Lipinski definition) is 0. The van der Waals surface area contributed by atoms with E-state index in [-0.39, 0.29) is 10.6 Å². The second-order valence-corrected chi connectivity index (χ2v) is 3.09. The van der Waals surface area contributed by atoms with Gasteiger partial charge in [-0.25, -0.2) is 0 Å². The lowest BCUT2D eigenvalue weighted by Gasteiger charge is -2.08. The first-order valence-electron chi connectivity index (χ1n) is 8.47. The van der Waals surface area contributed by atoms with Crippen molar-refractivity contribution in [1.82, 2.24) is 0 Å². The van der Waals surface area contributed by atoms with Crippen molar-refractivity contribution in [2.24, 2.45) is 5.89 Å². The van der Waals surface area contributed by atoms with E-state index in [1.165, 1.54) is 18.2 Å². The Morgan fingerprint density at radius 3 is 2.71 bits per heavy atom. The Bertz CT molecular complexity index is 644. The van der Waals surface area contributed by atoms with E-state index >= 15 is 0 Å². The molecule has 0 spiro atoms. The lowest BCUT2D eigenvalue weighted by molar-refractivity contribution is 0.0923. The van der Waals surface area contributed by atoms with Crippen LogP contribution in [0.15, 0.2) is 24.3 Å². The lowest BCUT2D eigenvalue weighted by atomic mass is 9.96. The minimum absolute atomic E-state index is 0.149. The zero-order valence-corrected chi connectivity index (χ0v) is 7.85. The van der Waals surface area contributed by atoms with E-state index in [1.54, 1.807) is 0 Å². The average Bonchev–Trinajstić information content (AvgIpc) is 2.49. The molecule has 0 N–H and O–H groups in total. The molecule has 0 radical (unpaired) electrons. The molecule has 0 saturated heterocycles. The lowest BCUT2D eigenvalue weighted by Crippen LogP contribution is -2.11. The molecular weight excluding hydrogens is 196 g/mol. The standard InChI is InChI=1S/C12H13ClO/c13-11-8-4-3-7-10(11)12(14)9-5-1-2-6-9/h3-4,7-9H,1-2,5-6H2/i1D2,2D2,5D2,6D2,9D. The quantitative estimate of drug-likeness (QED) is 0.691. The van der Waals surface area contributed by atoms with Gasteiger partial charge >= 0.3 is 0 Å². The molecule has 14 heavy (non-hydrogen) atoms. The summed E-state index contributed by atoms with van der Waals surface area (Å²) in [6.07, 6.45) is -13.7. The normalized spacial score (nSPS) is 43.4. The molecule has 1 nitrogen and oxygen atoms in total. The van der Waals surface area contributed by atoms with E-state index in [2.05, 4.69) is 0 Å². The Labute approximate surface area is 102 Å². The summed E-state index contributed by atoms with van der Waals surface area (Å²) >= 11 is 5.85. The number of ketones is 1. The second kappa shape index (κ2) is 4.14. The topological polar surface area (TPSA) is 17.1 Å². The predicted molar refractivity (Wildman–Crippen MR) is 57.7 cm³/mol. The molecule has 2 heteroatoms. The van der Waals surface area contributed by atoms with Crippen LogP contribution in [0.1, 0.15) is 48.2 Å². The van der Waals surface area contributed by atoms with Crippen LogP contribution >= 0.6 is 11.6 Å². The third kappa shape index (κ3) is 1.83.